The molecule has 1 heterocycles. The third-order valence-electron chi connectivity index (χ3n) is 5.84. The molecule has 1 fully saturated rings. The first-order valence-electron chi connectivity index (χ1n) is 11.6. The van der Waals surface area contributed by atoms with E-state index in [1.807, 2.05) is 50.2 Å². The van der Waals surface area contributed by atoms with Gasteiger partial charge in [0.1, 0.15) is 5.60 Å². The topological polar surface area (TPSA) is 50.7 Å². The molecule has 7 heteroatoms. The van der Waals surface area contributed by atoms with Crippen molar-refractivity contribution in [2.75, 3.05) is 13.2 Å². The predicted molar refractivity (Wildman–Crippen MR) is 142 cm³/mol. The maximum Gasteiger partial charge on any atom is 0.259 e. The van der Waals surface area contributed by atoms with Crippen molar-refractivity contribution in [2.24, 2.45) is 5.92 Å². The third kappa shape index (κ3) is 7.16. The zero-order valence-corrected chi connectivity index (χ0v) is 22.1. The van der Waals surface area contributed by atoms with Gasteiger partial charge >= 0.3 is 0 Å². The van der Waals surface area contributed by atoms with Crippen LogP contribution in [-0.2, 0) is 20.9 Å². The smallest absolute Gasteiger partial charge is 0.259 e. The Labute approximate surface area is 207 Å². The molecule has 2 N–H and O–H groups in total. The van der Waals surface area contributed by atoms with Crippen LogP contribution in [0.1, 0.15) is 63.2 Å². The quantitative estimate of drug-likeness (QED) is 0.297. The summed E-state index contributed by atoms with van der Waals surface area (Å²) in [6.45, 7) is 7.24. The molecule has 178 valence electrons. The second kappa shape index (κ2) is 12.5. The van der Waals surface area contributed by atoms with Crippen molar-refractivity contribution >= 4 is 28.9 Å². The molecular weight excluding hydrogens is 469 g/mol. The van der Waals surface area contributed by atoms with Crippen LogP contribution in [0.15, 0.2) is 60.7 Å². The van der Waals surface area contributed by atoms with Crippen molar-refractivity contribution in [1.29, 1.82) is 0 Å². The fourth-order valence-electron chi connectivity index (χ4n) is 3.97. The van der Waals surface area contributed by atoms with E-state index in [0.29, 0.717) is 19.6 Å². The van der Waals surface area contributed by atoms with Crippen molar-refractivity contribution in [3.05, 3.63) is 71.8 Å². The summed E-state index contributed by atoms with van der Waals surface area (Å²) in [6, 6.07) is 20.5. The van der Waals surface area contributed by atoms with E-state index in [1.54, 1.807) is 0 Å². The summed E-state index contributed by atoms with van der Waals surface area (Å²) in [5.41, 5.74) is -1.47. The van der Waals surface area contributed by atoms with E-state index >= 15 is 0 Å². The molecule has 0 aliphatic carbocycles. The molecule has 33 heavy (non-hydrogen) atoms. The Kier molecular flexibility index (Phi) is 10.0. The SMILES string of the molecule is CCCOP(=S)(OCCC)SC#C[C@]1(O)C[C@H](c2ccccc2)N[C@H](c2ccccc2)[C@H]1C. The van der Waals surface area contributed by atoms with Crippen molar-refractivity contribution in [3.63, 3.8) is 0 Å². The molecule has 0 spiro atoms. The summed E-state index contributed by atoms with van der Waals surface area (Å²) in [5.74, 6) is 3.06. The maximum absolute atomic E-state index is 11.8. The zero-order chi connectivity index (χ0) is 23.7. The fourth-order valence-corrected chi connectivity index (χ4v) is 7.31. The third-order valence-corrected chi connectivity index (χ3v) is 10.1. The second-order valence-electron chi connectivity index (χ2n) is 8.37. The fraction of sp³-hybridized carbons (Fsp3) is 0.462. The van der Waals surface area contributed by atoms with E-state index in [0.717, 1.165) is 24.0 Å². The first kappa shape index (κ1) is 26.4. The lowest BCUT2D eigenvalue weighted by Gasteiger charge is -2.45. The van der Waals surface area contributed by atoms with Crippen LogP contribution in [0.3, 0.4) is 0 Å². The summed E-state index contributed by atoms with van der Waals surface area (Å²) in [4.78, 5) is 0. The lowest BCUT2D eigenvalue weighted by molar-refractivity contribution is -0.0196. The molecule has 0 amide bonds. The van der Waals surface area contributed by atoms with Gasteiger partial charge in [-0.05, 0) is 41.0 Å². The summed E-state index contributed by atoms with van der Waals surface area (Å²) in [5, 5.41) is 18.7. The lowest BCUT2D eigenvalue weighted by atomic mass is 9.72. The van der Waals surface area contributed by atoms with E-state index < -0.39 is 11.3 Å². The van der Waals surface area contributed by atoms with Gasteiger partial charge in [0.05, 0.1) is 13.2 Å². The molecule has 0 aromatic heterocycles. The van der Waals surface area contributed by atoms with Gasteiger partial charge in [0.25, 0.3) is 5.69 Å². The Hall–Kier alpha value is -1.16. The first-order chi connectivity index (χ1) is 15.9. The molecule has 4 atom stereocenters. The molecule has 1 saturated heterocycles. The van der Waals surface area contributed by atoms with Gasteiger partial charge in [0.2, 0.25) is 0 Å². The van der Waals surface area contributed by atoms with Gasteiger partial charge in [-0.2, -0.15) is 0 Å². The van der Waals surface area contributed by atoms with Crippen LogP contribution in [-0.4, -0.2) is 23.9 Å². The molecule has 2 aromatic rings. The molecule has 0 saturated carbocycles. The van der Waals surface area contributed by atoms with Crippen LogP contribution in [0.4, 0.5) is 0 Å². The molecular formula is C26H34NO3PS2. The van der Waals surface area contributed by atoms with Gasteiger partial charge in [-0.1, -0.05) is 87.4 Å². The van der Waals surface area contributed by atoms with E-state index in [1.165, 1.54) is 11.4 Å². The summed E-state index contributed by atoms with van der Waals surface area (Å²) in [6.07, 6.45) is 2.22. The van der Waals surface area contributed by atoms with E-state index in [2.05, 4.69) is 47.7 Å². The summed E-state index contributed by atoms with van der Waals surface area (Å²) in [7, 11) is 0. The van der Waals surface area contributed by atoms with Crippen molar-refractivity contribution in [3.8, 4) is 11.2 Å². The van der Waals surface area contributed by atoms with Gasteiger partial charge < -0.3 is 19.5 Å². The maximum atomic E-state index is 11.8. The van der Waals surface area contributed by atoms with E-state index in [9.17, 15) is 5.11 Å². The number of piperidine rings is 1. The summed E-state index contributed by atoms with van der Waals surface area (Å²) >= 11 is 6.93. The minimum absolute atomic E-state index is 0.0207. The molecule has 1 aliphatic heterocycles. The Morgan fingerprint density at radius 1 is 1.03 bits per heavy atom. The van der Waals surface area contributed by atoms with E-state index in [4.69, 9.17) is 20.9 Å². The van der Waals surface area contributed by atoms with Crippen molar-refractivity contribution < 1.29 is 14.2 Å². The van der Waals surface area contributed by atoms with Gasteiger partial charge in [-0.25, -0.2) is 0 Å². The van der Waals surface area contributed by atoms with Crippen molar-refractivity contribution in [1.82, 2.24) is 5.32 Å². The molecule has 0 unspecified atom stereocenters. The van der Waals surface area contributed by atoms with Crippen LogP contribution in [0, 0.1) is 17.1 Å². The Bertz CT molecular complexity index is 967. The monoisotopic (exact) mass is 503 g/mol. The first-order valence-corrected chi connectivity index (χ1v) is 15.6. The molecule has 0 radical (unpaired) electrons. The Morgan fingerprint density at radius 2 is 1.58 bits per heavy atom. The largest absolute Gasteiger partial charge is 0.377 e. The van der Waals surface area contributed by atoms with Crippen LogP contribution in [0.5, 0.6) is 0 Å². The van der Waals surface area contributed by atoms with Crippen LogP contribution < -0.4 is 5.32 Å². The zero-order valence-electron chi connectivity index (χ0n) is 19.6. The average Bonchev–Trinajstić information content (AvgIpc) is 2.84. The number of hydrogen-bond acceptors (Lipinski definition) is 6. The Morgan fingerprint density at radius 3 is 2.12 bits per heavy atom. The summed E-state index contributed by atoms with van der Waals surface area (Å²) < 4.78 is 11.8. The number of rotatable bonds is 9. The van der Waals surface area contributed by atoms with E-state index in [-0.39, 0.29) is 18.0 Å². The second-order valence-corrected chi connectivity index (χ2v) is 14.3. The molecule has 1 aliphatic rings. The van der Waals surface area contributed by atoms with Crippen LogP contribution in [0.25, 0.3) is 0 Å². The van der Waals surface area contributed by atoms with Gasteiger partial charge in [-0.3, -0.25) is 0 Å². The van der Waals surface area contributed by atoms with Crippen LogP contribution in [0.2, 0.25) is 0 Å². The molecule has 4 nitrogen and oxygen atoms in total. The number of nitrogens with one attached hydrogen (secondary N) is 1. The number of hydrogen-bond donors (Lipinski definition) is 2. The van der Waals surface area contributed by atoms with Gasteiger partial charge in [0, 0.05) is 35.8 Å². The molecule has 2 aromatic carbocycles. The highest BCUT2D eigenvalue weighted by atomic mass is 32.9. The minimum atomic E-state index is -2.57. The predicted octanol–water partition coefficient (Wildman–Crippen LogP) is 6.60. The van der Waals surface area contributed by atoms with Gasteiger partial charge in [-0.15, -0.1) is 0 Å². The standard InChI is InChI=1S/C26H34NO3PS2/c1-4-17-29-31(32,30-18-5-2)33-19-16-26(28)20-24(22-12-8-6-9-13-22)27-25(21(26)3)23-14-10-7-11-15-23/h6-15,21,24-25,27-28H,4-5,17-18,20H2,1-3H3/t21-,24-,25+,26+/m1/s1. The highest BCUT2D eigenvalue weighted by Crippen LogP contribution is 2.61. The highest BCUT2D eigenvalue weighted by Gasteiger charge is 2.45. The van der Waals surface area contributed by atoms with Crippen molar-refractivity contribution in [2.45, 2.75) is 57.7 Å². The lowest BCUT2D eigenvalue weighted by Crippen LogP contribution is -2.51. The highest BCUT2D eigenvalue weighted by molar-refractivity contribution is 8.69. The Balaban J connectivity index is 1.89. The minimum Gasteiger partial charge on any atom is -0.377 e. The van der Waals surface area contributed by atoms with Crippen LogP contribution >= 0.6 is 17.1 Å². The number of aliphatic hydroxyl groups is 1. The van der Waals surface area contributed by atoms with Gasteiger partial charge in [0.15, 0.2) is 0 Å². The molecule has 3 rings (SSSR count). The average molecular weight is 504 g/mol. The molecule has 0 bridgehead atoms. The normalized spacial score (nSPS) is 25.3. The number of benzene rings is 2.